The van der Waals surface area contributed by atoms with E-state index in [4.69, 9.17) is 0 Å². The van der Waals surface area contributed by atoms with E-state index >= 15 is 0 Å². The smallest absolute Gasteiger partial charge is 0.323 e. The molecule has 0 aromatic carbocycles. The Kier molecular flexibility index (Phi) is 5.03. The summed E-state index contributed by atoms with van der Waals surface area (Å²) in [4.78, 5) is 11.1. The highest BCUT2D eigenvalue weighted by Gasteiger charge is 2.22. The van der Waals surface area contributed by atoms with Crippen molar-refractivity contribution in [3.05, 3.63) is 0 Å². The molecule has 0 saturated heterocycles. The van der Waals surface area contributed by atoms with Gasteiger partial charge in [-0.1, -0.05) is 0 Å². The molecule has 0 saturated carbocycles. The van der Waals surface area contributed by atoms with Gasteiger partial charge in [-0.25, -0.2) is 0 Å². The third-order valence-electron chi connectivity index (χ3n) is 1.45. The molecule has 0 radical (unpaired) electrons. The second kappa shape index (κ2) is 5.28. The molecule has 0 fully saturated rings. The first kappa shape index (κ1) is 13.3. The summed E-state index contributed by atoms with van der Waals surface area (Å²) in [5, 5.41) is 0. The molecular weight excluding hydrogens is 208 g/mol. The lowest BCUT2D eigenvalue weighted by Gasteiger charge is -2.16. The summed E-state index contributed by atoms with van der Waals surface area (Å²) < 4.78 is 30.3. The van der Waals surface area contributed by atoms with E-state index < -0.39 is 22.2 Å². The molecule has 7 heteroatoms. The van der Waals surface area contributed by atoms with Gasteiger partial charge in [0.2, 0.25) is 0 Å². The maximum atomic E-state index is 11.3. The van der Waals surface area contributed by atoms with Crippen molar-refractivity contribution in [3.63, 3.8) is 0 Å². The average molecular weight is 224 g/mol. The minimum atomic E-state index is -3.58. The monoisotopic (exact) mass is 224 g/mol. The van der Waals surface area contributed by atoms with Crippen molar-refractivity contribution in [1.82, 2.24) is 9.03 Å². The van der Waals surface area contributed by atoms with Crippen LogP contribution in [0.2, 0.25) is 0 Å². The third-order valence-corrected chi connectivity index (χ3v) is 3.06. The van der Waals surface area contributed by atoms with Crippen LogP contribution in [0.15, 0.2) is 0 Å². The molecule has 1 atom stereocenters. The van der Waals surface area contributed by atoms with Crippen LogP contribution >= 0.6 is 0 Å². The third kappa shape index (κ3) is 4.03. The highest BCUT2D eigenvalue weighted by Crippen LogP contribution is 1.94. The molecule has 0 amide bonds. The fourth-order valence-electron chi connectivity index (χ4n) is 0.644. The zero-order valence-electron chi connectivity index (χ0n) is 8.77. The van der Waals surface area contributed by atoms with E-state index in [0.717, 1.165) is 4.31 Å². The van der Waals surface area contributed by atoms with Gasteiger partial charge < -0.3 is 4.74 Å². The van der Waals surface area contributed by atoms with E-state index in [1.165, 1.54) is 21.0 Å². The van der Waals surface area contributed by atoms with Crippen molar-refractivity contribution in [3.8, 4) is 0 Å². The van der Waals surface area contributed by atoms with Gasteiger partial charge in [-0.05, 0) is 13.8 Å². The molecule has 0 rings (SSSR count). The van der Waals surface area contributed by atoms with Crippen LogP contribution in [0.3, 0.4) is 0 Å². The van der Waals surface area contributed by atoms with Crippen molar-refractivity contribution in [2.24, 2.45) is 0 Å². The topological polar surface area (TPSA) is 75.7 Å². The number of ether oxygens (including phenoxy) is 1. The van der Waals surface area contributed by atoms with Crippen LogP contribution in [0, 0.1) is 0 Å². The highest BCUT2D eigenvalue weighted by molar-refractivity contribution is 7.87. The van der Waals surface area contributed by atoms with Gasteiger partial charge in [-0.15, -0.1) is 0 Å². The van der Waals surface area contributed by atoms with Crippen molar-refractivity contribution >= 4 is 16.2 Å². The summed E-state index contributed by atoms with van der Waals surface area (Å²) in [6, 6.07) is -0.873. The molecule has 0 aliphatic rings. The Bertz CT molecular complexity index is 286. The van der Waals surface area contributed by atoms with Crippen LogP contribution in [0.5, 0.6) is 0 Å². The number of carbonyl (C=O) groups excluding carboxylic acids is 1. The summed E-state index contributed by atoms with van der Waals surface area (Å²) in [5.41, 5.74) is 0. The lowest BCUT2D eigenvalue weighted by molar-refractivity contribution is -0.144. The van der Waals surface area contributed by atoms with Crippen LogP contribution in [0.4, 0.5) is 0 Å². The quantitative estimate of drug-likeness (QED) is 0.629. The van der Waals surface area contributed by atoms with Gasteiger partial charge in [0.1, 0.15) is 6.04 Å². The van der Waals surface area contributed by atoms with E-state index in [1.54, 1.807) is 6.92 Å². The fourth-order valence-corrected chi connectivity index (χ4v) is 1.40. The van der Waals surface area contributed by atoms with E-state index in [1.807, 2.05) is 0 Å². The lowest BCUT2D eigenvalue weighted by Crippen LogP contribution is -2.44. The number of nitrogens with zero attached hydrogens (tertiary/aromatic N) is 1. The van der Waals surface area contributed by atoms with Gasteiger partial charge in [0.05, 0.1) is 6.61 Å². The van der Waals surface area contributed by atoms with E-state index in [-0.39, 0.29) is 6.61 Å². The molecule has 0 aromatic rings. The Hall–Kier alpha value is -0.660. The van der Waals surface area contributed by atoms with Gasteiger partial charge in [0, 0.05) is 14.1 Å². The number of esters is 1. The first-order chi connectivity index (χ1) is 6.31. The Morgan fingerprint density at radius 3 is 2.36 bits per heavy atom. The van der Waals surface area contributed by atoms with Gasteiger partial charge in [-0.3, -0.25) is 4.79 Å². The minimum absolute atomic E-state index is 0.229. The lowest BCUT2D eigenvalue weighted by atomic mass is 10.4. The Morgan fingerprint density at radius 1 is 1.50 bits per heavy atom. The zero-order chi connectivity index (χ0) is 11.4. The van der Waals surface area contributed by atoms with Gasteiger partial charge in [0.15, 0.2) is 0 Å². The normalized spacial score (nSPS) is 14.1. The van der Waals surface area contributed by atoms with E-state index in [2.05, 4.69) is 9.46 Å². The molecular formula is C7H16N2O4S. The van der Waals surface area contributed by atoms with Crippen molar-refractivity contribution < 1.29 is 17.9 Å². The summed E-state index contributed by atoms with van der Waals surface area (Å²) in [5.74, 6) is -0.585. The van der Waals surface area contributed by atoms with Crippen LogP contribution in [-0.2, 0) is 19.7 Å². The predicted molar refractivity (Wildman–Crippen MR) is 51.8 cm³/mol. The first-order valence-electron chi connectivity index (χ1n) is 4.17. The maximum Gasteiger partial charge on any atom is 0.323 e. The van der Waals surface area contributed by atoms with Crippen LogP contribution in [-0.4, -0.2) is 45.4 Å². The molecule has 1 unspecified atom stereocenters. The van der Waals surface area contributed by atoms with Crippen molar-refractivity contribution in [2.45, 2.75) is 19.9 Å². The van der Waals surface area contributed by atoms with Crippen LogP contribution in [0.1, 0.15) is 13.8 Å². The number of nitrogens with one attached hydrogen (secondary N) is 1. The minimum Gasteiger partial charge on any atom is -0.465 e. The van der Waals surface area contributed by atoms with E-state index in [9.17, 15) is 13.2 Å². The molecule has 0 heterocycles. The molecule has 0 spiro atoms. The van der Waals surface area contributed by atoms with Crippen LogP contribution in [0.25, 0.3) is 0 Å². The van der Waals surface area contributed by atoms with Crippen molar-refractivity contribution in [2.75, 3.05) is 20.7 Å². The first-order valence-corrected chi connectivity index (χ1v) is 5.61. The maximum absolute atomic E-state index is 11.3. The number of rotatable bonds is 5. The molecule has 0 aromatic heterocycles. The molecule has 0 bridgehead atoms. The highest BCUT2D eigenvalue weighted by atomic mass is 32.2. The largest absolute Gasteiger partial charge is 0.465 e. The fraction of sp³-hybridized carbons (Fsp3) is 0.857. The summed E-state index contributed by atoms with van der Waals surface area (Å²) in [6.07, 6.45) is 0. The second-order valence-corrected chi connectivity index (χ2v) is 4.80. The zero-order valence-corrected chi connectivity index (χ0v) is 9.59. The number of carbonyl (C=O) groups is 1. The van der Waals surface area contributed by atoms with Gasteiger partial charge in [-0.2, -0.15) is 17.4 Å². The van der Waals surface area contributed by atoms with Crippen molar-refractivity contribution in [1.29, 1.82) is 0 Å². The molecule has 84 valence electrons. The number of hydrogen-bond donors (Lipinski definition) is 1. The Labute approximate surface area is 84.4 Å². The summed E-state index contributed by atoms with van der Waals surface area (Å²) in [7, 11) is -0.828. The Balaban J connectivity index is 4.33. The second-order valence-electron chi connectivity index (χ2n) is 2.88. The van der Waals surface area contributed by atoms with Crippen LogP contribution < -0.4 is 4.72 Å². The molecule has 0 aliphatic heterocycles. The Morgan fingerprint density at radius 2 is 2.00 bits per heavy atom. The van der Waals surface area contributed by atoms with E-state index in [0.29, 0.717) is 0 Å². The van der Waals surface area contributed by atoms with Gasteiger partial charge in [0.25, 0.3) is 10.2 Å². The average Bonchev–Trinajstić information content (AvgIpc) is 2.03. The van der Waals surface area contributed by atoms with Gasteiger partial charge >= 0.3 is 5.97 Å². The summed E-state index contributed by atoms with van der Waals surface area (Å²) >= 11 is 0. The summed E-state index contributed by atoms with van der Waals surface area (Å²) in [6.45, 7) is 3.32. The molecule has 6 nitrogen and oxygen atoms in total. The molecule has 14 heavy (non-hydrogen) atoms. The molecule has 0 aliphatic carbocycles. The molecule has 1 N–H and O–H groups in total. The SMILES string of the molecule is CCOC(=O)C(C)NS(=O)(=O)N(C)C. The predicted octanol–water partition coefficient (Wildman–Crippen LogP) is -0.666. The standard InChI is InChI=1S/C7H16N2O4S/c1-5-13-7(10)6(2)8-14(11,12)9(3)4/h6,8H,5H2,1-4H3. The number of hydrogen-bond acceptors (Lipinski definition) is 4.